The maximum Gasteiger partial charge on any atom is 0.248 e. The van der Waals surface area contributed by atoms with Crippen LogP contribution in [0.15, 0.2) is 24.3 Å². The topological polar surface area (TPSA) is 98.8 Å². The number of piperidine rings is 2. The molecule has 0 aromatic heterocycles. The van der Waals surface area contributed by atoms with Crippen molar-refractivity contribution in [1.82, 2.24) is 20.4 Å². The molecule has 0 aromatic rings. The van der Waals surface area contributed by atoms with Gasteiger partial charge in [0.1, 0.15) is 0 Å². The predicted molar refractivity (Wildman–Crippen MR) is 128 cm³/mol. The third-order valence-electron chi connectivity index (χ3n) is 6.49. The first kappa shape index (κ1) is 26.6. The summed E-state index contributed by atoms with van der Waals surface area (Å²) in [5.74, 6) is 0.0316. The van der Waals surface area contributed by atoms with Gasteiger partial charge in [0.15, 0.2) is 0 Å². The summed E-state index contributed by atoms with van der Waals surface area (Å²) in [6, 6.07) is 0. The van der Waals surface area contributed by atoms with Crippen molar-refractivity contribution in [1.29, 1.82) is 0 Å². The summed E-state index contributed by atoms with van der Waals surface area (Å²) in [7, 11) is 0. The number of nitrogens with zero attached hydrogens (tertiary/aromatic N) is 2. The Kier molecular flexibility index (Phi) is 10.6. The molecule has 2 rings (SSSR count). The van der Waals surface area contributed by atoms with Crippen molar-refractivity contribution in [2.75, 3.05) is 39.3 Å². The third-order valence-corrected chi connectivity index (χ3v) is 6.49. The molecule has 8 nitrogen and oxygen atoms in total. The van der Waals surface area contributed by atoms with Crippen LogP contribution in [0, 0.1) is 11.8 Å². The van der Waals surface area contributed by atoms with E-state index in [9.17, 15) is 19.2 Å². The summed E-state index contributed by atoms with van der Waals surface area (Å²) in [5, 5.41) is 6.01. The fourth-order valence-electron chi connectivity index (χ4n) is 4.37. The number of rotatable bonds is 10. The minimum atomic E-state index is -0.0319. The normalized spacial score (nSPS) is 17.4. The Labute approximate surface area is 197 Å². The van der Waals surface area contributed by atoms with Crippen LogP contribution in [0.3, 0.4) is 0 Å². The molecule has 0 spiro atoms. The molecule has 0 atom stereocenters. The highest BCUT2D eigenvalue weighted by atomic mass is 16.2. The molecule has 2 N–H and O–H groups in total. The minimum Gasteiger partial charge on any atom is -0.356 e. The highest BCUT2D eigenvalue weighted by molar-refractivity contribution is 5.93. The minimum absolute atomic E-state index is 0.0238. The SMILES string of the molecule is C=C(C)C(=O)N1CCC(C(=O)NCCCCCNC(=O)C2CCN(C(=O)C(=C)C)CC2)CC1. The molecular formula is C25H40N4O4. The Balaban J connectivity index is 1.50. The van der Waals surface area contributed by atoms with Crippen LogP contribution in [0.2, 0.25) is 0 Å². The van der Waals surface area contributed by atoms with Crippen molar-refractivity contribution >= 4 is 23.6 Å². The maximum atomic E-state index is 12.3. The lowest BCUT2D eigenvalue weighted by Gasteiger charge is -2.31. The van der Waals surface area contributed by atoms with E-state index in [-0.39, 0.29) is 35.5 Å². The van der Waals surface area contributed by atoms with E-state index < -0.39 is 0 Å². The summed E-state index contributed by atoms with van der Waals surface area (Å²) >= 11 is 0. The van der Waals surface area contributed by atoms with Gasteiger partial charge < -0.3 is 20.4 Å². The molecular weight excluding hydrogens is 420 g/mol. The van der Waals surface area contributed by atoms with Crippen molar-refractivity contribution in [2.45, 2.75) is 58.8 Å². The lowest BCUT2D eigenvalue weighted by Crippen LogP contribution is -2.43. The second kappa shape index (κ2) is 13.2. The van der Waals surface area contributed by atoms with E-state index in [4.69, 9.17) is 0 Å². The Morgan fingerprint density at radius 1 is 0.667 bits per heavy atom. The average Bonchev–Trinajstić information content (AvgIpc) is 2.82. The Morgan fingerprint density at radius 3 is 1.30 bits per heavy atom. The zero-order chi connectivity index (χ0) is 24.4. The van der Waals surface area contributed by atoms with Gasteiger partial charge in [-0.2, -0.15) is 0 Å². The van der Waals surface area contributed by atoms with Gasteiger partial charge in [0, 0.05) is 62.3 Å². The van der Waals surface area contributed by atoms with Crippen LogP contribution in [0.1, 0.15) is 58.8 Å². The largest absolute Gasteiger partial charge is 0.356 e. The standard InChI is InChI=1S/C25H40N4O4/c1-18(2)24(32)28-14-8-20(9-15-28)22(30)26-12-6-5-7-13-27-23(31)21-10-16-29(17-11-21)25(33)19(3)4/h20-21H,1,3,5-17H2,2,4H3,(H,26,30)(H,27,31). The van der Waals surface area contributed by atoms with Crippen LogP contribution in [-0.4, -0.2) is 72.7 Å². The van der Waals surface area contributed by atoms with E-state index in [1.165, 1.54) is 0 Å². The third kappa shape index (κ3) is 8.33. The van der Waals surface area contributed by atoms with Gasteiger partial charge in [-0.25, -0.2) is 0 Å². The van der Waals surface area contributed by atoms with E-state index >= 15 is 0 Å². The highest BCUT2D eigenvalue weighted by Crippen LogP contribution is 2.19. The number of hydrogen-bond acceptors (Lipinski definition) is 4. The van der Waals surface area contributed by atoms with Crippen LogP contribution >= 0.6 is 0 Å². The molecule has 2 saturated heterocycles. The van der Waals surface area contributed by atoms with Crippen LogP contribution in [0.4, 0.5) is 0 Å². The summed E-state index contributed by atoms with van der Waals surface area (Å²) < 4.78 is 0. The summed E-state index contributed by atoms with van der Waals surface area (Å²) in [6.45, 7) is 14.5. The lowest BCUT2D eigenvalue weighted by atomic mass is 9.95. The molecule has 4 amide bonds. The molecule has 2 aliphatic heterocycles. The number of hydrogen-bond donors (Lipinski definition) is 2. The lowest BCUT2D eigenvalue weighted by molar-refractivity contribution is -0.132. The van der Waals surface area contributed by atoms with Crippen molar-refractivity contribution in [3.8, 4) is 0 Å². The first-order chi connectivity index (χ1) is 15.7. The molecule has 8 heteroatoms. The summed E-state index contributed by atoms with van der Waals surface area (Å²) in [5.41, 5.74) is 1.07. The van der Waals surface area contributed by atoms with Crippen LogP contribution in [0.5, 0.6) is 0 Å². The Bertz CT molecular complexity index is 686. The van der Waals surface area contributed by atoms with E-state index in [2.05, 4.69) is 23.8 Å². The van der Waals surface area contributed by atoms with Crippen molar-refractivity contribution in [3.63, 3.8) is 0 Å². The number of unbranched alkanes of at least 4 members (excludes halogenated alkanes) is 2. The second-order valence-corrected chi connectivity index (χ2v) is 9.34. The monoisotopic (exact) mass is 460 g/mol. The quantitative estimate of drug-likeness (QED) is 0.385. The fourth-order valence-corrected chi connectivity index (χ4v) is 4.37. The van der Waals surface area contributed by atoms with E-state index in [1.807, 2.05) is 0 Å². The molecule has 2 aliphatic rings. The van der Waals surface area contributed by atoms with Gasteiger partial charge in [0.05, 0.1) is 0 Å². The van der Waals surface area contributed by atoms with Crippen LogP contribution < -0.4 is 10.6 Å². The Morgan fingerprint density at radius 2 is 1.00 bits per heavy atom. The molecule has 0 unspecified atom stereocenters. The van der Waals surface area contributed by atoms with Gasteiger partial charge in [-0.15, -0.1) is 0 Å². The van der Waals surface area contributed by atoms with E-state index in [1.54, 1.807) is 23.6 Å². The Hall–Kier alpha value is -2.64. The molecule has 0 saturated carbocycles. The average molecular weight is 461 g/mol. The molecule has 2 heterocycles. The van der Waals surface area contributed by atoms with Gasteiger partial charge in [-0.1, -0.05) is 13.2 Å². The molecule has 0 aromatic carbocycles. The molecule has 184 valence electrons. The number of carbonyl (C=O) groups is 4. The van der Waals surface area contributed by atoms with Crippen molar-refractivity contribution < 1.29 is 19.2 Å². The molecule has 0 radical (unpaired) electrons. The highest BCUT2D eigenvalue weighted by Gasteiger charge is 2.28. The molecule has 33 heavy (non-hydrogen) atoms. The second-order valence-electron chi connectivity index (χ2n) is 9.34. The van der Waals surface area contributed by atoms with Crippen molar-refractivity contribution in [3.05, 3.63) is 24.3 Å². The van der Waals surface area contributed by atoms with E-state index in [0.717, 1.165) is 19.3 Å². The first-order valence-corrected chi connectivity index (χ1v) is 12.2. The number of likely N-dealkylation sites (tertiary alicyclic amines) is 2. The summed E-state index contributed by atoms with van der Waals surface area (Å²) in [6.07, 6.45) is 5.44. The molecule has 0 bridgehead atoms. The first-order valence-electron chi connectivity index (χ1n) is 12.2. The predicted octanol–water partition coefficient (Wildman–Crippen LogP) is 2.02. The number of amides is 4. The van der Waals surface area contributed by atoms with Crippen molar-refractivity contribution in [2.24, 2.45) is 11.8 Å². The van der Waals surface area contributed by atoms with Crippen LogP contribution in [0.25, 0.3) is 0 Å². The van der Waals surface area contributed by atoms with Gasteiger partial charge >= 0.3 is 0 Å². The zero-order valence-electron chi connectivity index (χ0n) is 20.3. The molecule has 0 aliphatic carbocycles. The summed E-state index contributed by atoms with van der Waals surface area (Å²) in [4.78, 5) is 52.1. The zero-order valence-corrected chi connectivity index (χ0v) is 20.3. The number of carbonyl (C=O) groups excluding carboxylic acids is 4. The fraction of sp³-hybridized carbons (Fsp3) is 0.680. The molecule has 2 fully saturated rings. The van der Waals surface area contributed by atoms with Gasteiger partial charge in [-0.3, -0.25) is 19.2 Å². The smallest absolute Gasteiger partial charge is 0.248 e. The number of nitrogens with one attached hydrogen (secondary N) is 2. The van der Waals surface area contributed by atoms with E-state index in [0.29, 0.717) is 76.1 Å². The van der Waals surface area contributed by atoms with Gasteiger partial charge in [-0.05, 0) is 58.8 Å². The van der Waals surface area contributed by atoms with Gasteiger partial charge in [0.25, 0.3) is 0 Å². The van der Waals surface area contributed by atoms with Gasteiger partial charge in [0.2, 0.25) is 23.6 Å². The van der Waals surface area contributed by atoms with Crippen LogP contribution in [-0.2, 0) is 19.2 Å². The maximum absolute atomic E-state index is 12.3.